The minimum absolute atomic E-state index is 0.00681. The fraction of sp³-hybridized carbons (Fsp3) is 0.833. The van der Waals surface area contributed by atoms with Gasteiger partial charge in [0, 0.05) is 19.1 Å². The summed E-state index contributed by atoms with van der Waals surface area (Å²) in [6.07, 6.45) is 9.46. The van der Waals surface area contributed by atoms with Crippen LogP contribution in [0.5, 0.6) is 0 Å². The summed E-state index contributed by atoms with van der Waals surface area (Å²) in [5.41, 5.74) is 0.00681. The summed E-state index contributed by atoms with van der Waals surface area (Å²) >= 11 is 0. The van der Waals surface area contributed by atoms with Crippen LogP contribution in [-0.2, 0) is 4.74 Å². The summed E-state index contributed by atoms with van der Waals surface area (Å²) in [4.78, 5) is 0. The zero-order valence-corrected chi connectivity index (χ0v) is 9.31. The molecule has 2 unspecified atom stereocenters. The predicted molar refractivity (Wildman–Crippen MR) is 59.1 cm³/mol. The molecule has 1 rings (SSSR count). The van der Waals surface area contributed by atoms with Crippen molar-refractivity contribution in [2.24, 2.45) is 0 Å². The first-order valence-corrected chi connectivity index (χ1v) is 5.53. The molecule has 2 heteroatoms. The Balaban J connectivity index is 2.51. The van der Waals surface area contributed by atoms with Crippen LogP contribution in [0.15, 0.2) is 0 Å². The fourth-order valence-corrected chi connectivity index (χ4v) is 2.17. The molecule has 0 spiro atoms. The second kappa shape index (κ2) is 5.38. The Bertz CT molecular complexity index is 201. The van der Waals surface area contributed by atoms with E-state index in [1.807, 2.05) is 0 Å². The second-order valence-electron chi connectivity index (χ2n) is 4.12. The van der Waals surface area contributed by atoms with E-state index in [0.717, 1.165) is 32.4 Å². The highest BCUT2D eigenvalue weighted by Crippen LogP contribution is 2.30. The zero-order valence-electron chi connectivity index (χ0n) is 9.31. The molecule has 1 fully saturated rings. The number of ether oxygens (including phenoxy) is 1. The molecule has 0 aromatic rings. The highest BCUT2D eigenvalue weighted by molar-refractivity contribution is 4.95. The van der Waals surface area contributed by atoms with E-state index in [-0.39, 0.29) is 5.60 Å². The SMILES string of the molecule is C#CCCC(NCC)C1(C)CCCO1. The molecule has 0 saturated carbocycles. The molecule has 1 aliphatic heterocycles. The third-order valence-electron chi connectivity index (χ3n) is 3.01. The molecule has 0 radical (unpaired) electrons. The van der Waals surface area contributed by atoms with Crippen LogP contribution >= 0.6 is 0 Å². The van der Waals surface area contributed by atoms with Crippen LogP contribution in [-0.4, -0.2) is 24.8 Å². The predicted octanol–water partition coefficient (Wildman–Crippen LogP) is 1.95. The van der Waals surface area contributed by atoms with Crippen molar-refractivity contribution in [2.75, 3.05) is 13.2 Å². The number of nitrogens with one attached hydrogen (secondary N) is 1. The highest BCUT2D eigenvalue weighted by Gasteiger charge is 2.37. The average Bonchev–Trinajstić information content (AvgIpc) is 2.60. The van der Waals surface area contributed by atoms with Crippen molar-refractivity contribution in [3.8, 4) is 12.3 Å². The van der Waals surface area contributed by atoms with E-state index in [9.17, 15) is 0 Å². The third kappa shape index (κ3) is 2.73. The molecule has 0 aliphatic carbocycles. The molecule has 1 aliphatic rings. The minimum atomic E-state index is 0.00681. The van der Waals surface area contributed by atoms with Gasteiger partial charge in [-0.05, 0) is 32.7 Å². The van der Waals surface area contributed by atoms with Gasteiger partial charge in [0.25, 0.3) is 0 Å². The highest BCUT2D eigenvalue weighted by atomic mass is 16.5. The molecule has 0 aromatic carbocycles. The van der Waals surface area contributed by atoms with Gasteiger partial charge in [-0.15, -0.1) is 12.3 Å². The topological polar surface area (TPSA) is 21.3 Å². The van der Waals surface area contributed by atoms with Crippen LogP contribution in [0.2, 0.25) is 0 Å². The Labute approximate surface area is 87.4 Å². The van der Waals surface area contributed by atoms with Crippen molar-refractivity contribution in [3.63, 3.8) is 0 Å². The fourth-order valence-electron chi connectivity index (χ4n) is 2.17. The number of hydrogen-bond acceptors (Lipinski definition) is 2. The standard InChI is InChI=1S/C12H21NO/c1-4-6-8-11(13-5-2)12(3)9-7-10-14-12/h1,11,13H,5-10H2,2-3H3. The van der Waals surface area contributed by atoms with Crippen molar-refractivity contribution in [1.82, 2.24) is 5.32 Å². The Kier molecular flexibility index (Phi) is 4.44. The lowest BCUT2D eigenvalue weighted by molar-refractivity contribution is -0.0130. The summed E-state index contributed by atoms with van der Waals surface area (Å²) in [7, 11) is 0. The summed E-state index contributed by atoms with van der Waals surface area (Å²) in [5, 5.41) is 3.48. The monoisotopic (exact) mass is 195 g/mol. The van der Waals surface area contributed by atoms with Crippen LogP contribution in [0.1, 0.15) is 39.5 Å². The normalized spacial score (nSPS) is 28.6. The van der Waals surface area contributed by atoms with E-state index in [4.69, 9.17) is 11.2 Å². The summed E-state index contributed by atoms with van der Waals surface area (Å²) in [5.74, 6) is 2.70. The van der Waals surface area contributed by atoms with Gasteiger partial charge in [-0.3, -0.25) is 0 Å². The largest absolute Gasteiger partial charge is 0.374 e. The maximum atomic E-state index is 5.82. The van der Waals surface area contributed by atoms with E-state index >= 15 is 0 Å². The summed E-state index contributed by atoms with van der Waals surface area (Å²) in [6.45, 7) is 6.20. The van der Waals surface area contributed by atoms with Crippen LogP contribution < -0.4 is 5.32 Å². The van der Waals surface area contributed by atoms with Gasteiger partial charge in [0.15, 0.2) is 0 Å². The molecule has 14 heavy (non-hydrogen) atoms. The van der Waals surface area contributed by atoms with Crippen molar-refractivity contribution in [1.29, 1.82) is 0 Å². The van der Waals surface area contributed by atoms with Gasteiger partial charge in [-0.2, -0.15) is 0 Å². The van der Waals surface area contributed by atoms with Gasteiger partial charge < -0.3 is 10.1 Å². The van der Waals surface area contributed by atoms with E-state index in [0.29, 0.717) is 6.04 Å². The molecule has 0 amide bonds. The van der Waals surface area contributed by atoms with E-state index < -0.39 is 0 Å². The smallest absolute Gasteiger partial charge is 0.0807 e. The van der Waals surface area contributed by atoms with Crippen molar-refractivity contribution < 1.29 is 4.74 Å². The van der Waals surface area contributed by atoms with Crippen molar-refractivity contribution in [2.45, 2.75) is 51.2 Å². The second-order valence-corrected chi connectivity index (χ2v) is 4.12. The molecule has 1 saturated heterocycles. The van der Waals surface area contributed by atoms with Gasteiger partial charge in [-0.1, -0.05) is 6.92 Å². The first-order chi connectivity index (χ1) is 6.73. The van der Waals surface area contributed by atoms with E-state index in [2.05, 4.69) is 25.1 Å². The molecule has 80 valence electrons. The van der Waals surface area contributed by atoms with Crippen LogP contribution in [0.25, 0.3) is 0 Å². The molecule has 2 atom stereocenters. The number of terminal acetylenes is 1. The van der Waals surface area contributed by atoms with E-state index in [1.54, 1.807) is 0 Å². The average molecular weight is 195 g/mol. The van der Waals surface area contributed by atoms with Crippen LogP contribution in [0.4, 0.5) is 0 Å². The van der Waals surface area contributed by atoms with Gasteiger partial charge in [-0.25, -0.2) is 0 Å². The van der Waals surface area contributed by atoms with Crippen LogP contribution in [0.3, 0.4) is 0 Å². The maximum absolute atomic E-state index is 5.82. The first kappa shape index (κ1) is 11.6. The number of hydrogen-bond donors (Lipinski definition) is 1. The van der Waals surface area contributed by atoms with Crippen molar-refractivity contribution >= 4 is 0 Å². The zero-order chi connectivity index (χ0) is 10.4. The third-order valence-corrected chi connectivity index (χ3v) is 3.01. The molecular formula is C12H21NO. The molecule has 1 N–H and O–H groups in total. The molecule has 2 nitrogen and oxygen atoms in total. The number of likely N-dealkylation sites (N-methyl/N-ethyl adjacent to an activating group) is 1. The van der Waals surface area contributed by atoms with Crippen molar-refractivity contribution in [3.05, 3.63) is 0 Å². The Hall–Kier alpha value is -0.520. The molecular weight excluding hydrogens is 174 g/mol. The quantitative estimate of drug-likeness (QED) is 0.677. The molecule has 0 aromatic heterocycles. The van der Waals surface area contributed by atoms with Gasteiger partial charge in [0.05, 0.1) is 5.60 Å². The lowest BCUT2D eigenvalue weighted by atomic mass is 9.90. The van der Waals surface area contributed by atoms with E-state index in [1.165, 1.54) is 6.42 Å². The number of rotatable bonds is 5. The molecule has 0 bridgehead atoms. The Morgan fingerprint density at radius 3 is 2.93 bits per heavy atom. The maximum Gasteiger partial charge on any atom is 0.0807 e. The first-order valence-electron chi connectivity index (χ1n) is 5.53. The van der Waals surface area contributed by atoms with Gasteiger partial charge >= 0.3 is 0 Å². The van der Waals surface area contributed by atoms with Crippen LogP contribution in [0, 0.1) is 12.3 Å². The van der Waals surface area contributed by atoms with Gasteiger partial charge in [0.2, 0.25) is 0 Å². The summed E-state index contributed by atoms with van der Waals surface area (Å²) in [6, 6.07) is 0.408. The Morgan fingerprint density at radius 1 is 1.64 bits per heavy atom. The lowest BCUT2D eigenvalue weighted by Gasteiger charge is -2.33. The van der Waals surface area contributed by atoms with Gasteiger partial charge in [0.1, 0.15) is 0 Å². The summed E-state index contributed by atoms with van der Waals surface area (Å²) < 4.78 is 5.82. The Morgan fingerprint density at radius 2 is 2.43 bits per heavy atom. The lowest BCUT2D eigenvalue weighted by Crippen LogP contribution is -2.48. The minimum Gasteiger partial charge on any atom is -0.374 e. The molecule has 1 heterocycles.